The van der Waals surface area contributed by atoms with Gasteiger partial charge in [0.25, 0.3) is 22.4 Å². The maximum absolute atomic E-state index is 14.6. The predicted octanol–water partition coefficient (Wildman–Crippen LogP) is 5.70. The Kier molecular flexibility index (Phi) is 9.63. The van der Waals surface area contributed by atoms with Crippen molar-refractivity contribution in [2.75, 3.05) is 44.4 Å². The maximum Gasteiger partial charge on any atom is 0.303 e. The SMILES string of the molecule is [C-]#[N+]C1(N(COCC[Si](C)(C)C)S(=O)(=O)c2cc(N3CCN(C(=O)c4ccccc4)CC3)c3c(c2)c(-c2nnc(C(F)F)s2)nn3C)CC1. The van der Waals surface area contributed by atoms with E-state index in [9.17, 15) is 22.0 Å². The Morgan fingerprint density at radius 1 is 1.12 bits per heavy atom. The van der Waals surface area contributed by atoms with Crippen LogP contribution in [0.4, 0.5) is 14.5 Å². The first-order valence-corrected chi connectivity index (χ1v) is 21.9. The summed E-state index contributed by atoms with van der Waals surface area (Å²) in [6.45, 7) is 16.2. The van der Waals surface area contributed by atoms with Crippen LogP contribution in [0.2, 0.25) is 25.7 Å². The smallest absolute Gasteiger partial charge is 0.303 e. The normalized spacial score (nSPS) is 16.5. The van der Waals surface area contributed by atoms with Crippen LogP contribution in [0.25, 0.3) is 26.4 Å². The monoisotopic (exact) mass is 728 g/mol. The molecule has 0 N–H and O–H groups in total. The molecule has 12 nitrogen and oxygen atoms in total. The molecule has 1 saturated heterocycles. The third-order valence-corrected chi connectivity index (χ3v) is 13.3. The van der Waals surface area contributed by atoms with Crippen molar-refractivity contribution in [3.05, 3.63) is 64.5 Å². The van der Waals surface area contributed by atoms with E-state index in [0.717, 1.165) is 10.3 Å². The lowest BCUT2D eigenvalue weighted by molar-refractivity contribution is 0.0642. The molecule has 4 aromatic rings. The van der Waals surface area contributed by atoms with Crippen LogP contribution in [0.3, 0.4) is 0 Å². The fourth-order valence-electron chi connectivity index (χ4n) is 5.84. The summed E-state index contributed by atoms with van der Waals surface area (Å²) < 4.78 is 64.8. The first-order chi connectivity index (χ1) is 23.2. The number of hydrogen-bond donors (Lipinski definition) is 0. The highest BCUT2D eigenvalue weighted by molar-refractivity contribution is 7.89. The van der Waals surface area contributed by atoms with Crippen molar-refractivity contribution in [2.24, 2.45) is 7.05 Å². The van der Waals surface area contributed by atoms with Gasteiger partial charge in [-0.15, -0.1) is 10.2 Å². The van der Waals surface area contributed by atoms with Gasteiger partial charge >= 0.3 is 5.66 Å². The Morgan fingerprint density at radius 2 is 1.82 bits per heavy atom. The molecule has 2 aromatic heterocycles. The fourth-order valence-corrected chi connectivity index (χ4v) is 8.96. The second kappa shape index (κ2) is 13.5. The molecule has 1 saturated carbocycles. The van der Waals surface area contributed by atoms with Crippen molar-refractivity contribution in [1.82, 2.24) is 29.2 Å². The lowest BCUT2D eigenvalue weighted by Gasteiger charge is -2.36. The van der Waals surface area contributed by atoms with Crippen molar-refractivity contribution in [3.8, 4) is 10.7 Å². The lowest BCUT2D eigenvalue weighted by Crippen LogP contribution is -2.49. The molecule has 2 aromatic carbocycles. The zero-order valence-corrected chi connectivity index (χ0v) is 30.4. The van der Waals surface area contributed by atoms with Gasteiger partial charge in [0.1, 0.15) is 12.4 Å². The second-order valence-electron chi connectivity index (χ2n) is 13.5. The van der Waals surface area contributed by atoms with Gasteiger partial charge in [-0.3, -0.25) is 14.3 Å². The number of fused-ring (bicyclic) bond motifs is 1. The Balaban J connectivity index is 1.41. The third kappa shape index (κ3) is 7.10. The standard InChI is InChI=1S/C32H38F2N8O4S2Si/c1-35-32(11-12-32)42(21-46-17-18-49(3,4)5)48(44,45)23-19-24-26(29-36-37-30(47-29)28(33)34)38-39(2)27(24)25(20-23)40-13-15-41(16-14-40)31(43)22-9-7-6-8-10-22/h6-10,19-20,28H,11-18,21H2,2-5H3. The average molecular weight is 729 g/mol. The molecule has 0 spiro atoms. The van der Waals surface area contributed by atoms with Gasteiger partial charge in [0, 0.05) is 58.9 Å². The first kappa shape index (κ1) is 35.0. The van der Waals surface area contributed by atoms with Crippen LogP contribution in [-0.2, 0) is 21.8 Å². The zero-order chi connectivity index (χ0) is 35.1. The second-order valence-corrected chi connectivity index (χ2v) is 22.0. The number of sulfonamides is 1. The number of piperazine rings is 1. The number of aromatic nitrogens is 4. The van der Waals surface area contributed by atoms with Crippen molar-refractivity contribution < 1.29 is 26.7 Å². The highest BCUT2D eigenvalue weighted by atomic mass is 32.2. The Bertz CT molecular complexity index is 2000. The number of aryl methyl sites for hydroxylation is 1. The Labute approximate surface area is 289 Å². The Morgan fingerprint density at radius 3 is 2.41 bits per heavy atom. The minimum atomic E-state index is -4.31. The van der Waals surface area contributed by atoms with Gasteiger partial charge in [-0.25, -0.2) is 23.8 Å². The van der Waals surface area contributed by atoms with Crippen LogP contribution in [-0.4, -0.2) is 96.8 Å². The topological polar surface area (TPSA) is 118 Å². The largest absolute Gasteiger partial charge is 0.366 e. The van der Waals surface area contributed by atoms with Gasteiger partial charge < -0.3 is 14.5 Å². The number of halogens is 2. The average Bonchev–Trinajstić information content (AvgIpc) is 3.56. The summed E-state index contributed by atoms with van der Waals surface area (Å²) in [5, 5.41) is 12.3. The lowest BCUT2D eigenvalue weighted by atomic mass is 10.1. The summed E-state index contributed by atoms with van der Waals surface area (Å²) in [5.74, 6) is -0.0886. The number of hydrogen-bond acceptors (Lipinski definition) is 9. The van der Waals surface area contributed by atoms with Crippen molar-refractivity contribution in [2.45, 2.75) is 55.5 Å². The molecule has 1 amide bonds. The van der Waals surface area contributed by atoms with E-state index in [-0.39, 0.29) is 28.2 Å². The summed E-state index contributed by atoms with van der Waals surface area (Å²) in [6.07, 6.45) is -2.04. The minimum absolute atomic E-state index is 0.0747. The van der Waals surface area contributed by atoms with Crippen LogP contribution in [0, 0.1) is 6.57 Å². The number of benzene rings is 2. The van der Waals surface area contributed by atoms with E-state index in [1.165, 1.54) is 6.07 Å². The summed E-state index contributed by atoms with van der Waals surface area (Å²) in [4.78, 5) is 20.6. The first-order valence-electron chi connectivity index (χ1n) is 16.0. The summed E-state index contributed by atoms with van der Waals surface area (Å²) in [6, 6.07) is 12.9. The molecular formula is C32H38F2N8O4S2Si. The summed E-state index contributed by atoms with van der Waals surface area (Å²) >= 11 is 0.696. The molecule has 1 aliphatic heterocycles. The molecule has 17 heteroatoms. The van der Waals surface area contributed by atoms with Gasteiger partial charge in [-0.05, 0) is 30.3 Å². The van der Waals surface area contributed by atoms with Crippen molar-refractivity contribution in [3.63, 3.8) is 0 Å². The van der Waals surface area contributed by atoms with Gasteiger partial charge in [0.2, 0.25) is 0 Å². The number of carbonyl (C=O) groups excluding carboxylic acids is 1. The Hall–Kier alpha value is -3.82. The van der Waals surface area contributed by atoms with Gasteiger partial charge in [-0.2, -0.15) is 5.10 Å². The zero-order valence-electron chi connectivity index (χ0n) is 27.8. The van der Waals surface area contributed by atoms with E-state index < -0.39 is 35.2 Å². The predicted molar refractivity (Wildman–Crippen MR) is 186 cm³/mol. The van der Waals surface area contributed by atoms with Crippen LogP contribution in [0.1, 0.15) is 34.6 Å². The van der Waals surface area contributed by atoms with E-state index in [0.29, 0.717) is 79.1 Å². The highest BCUT2D eigenvalue weighted by Gasteiger charge is 2.61. The fraction of sp³-hybridized carbons (Fsp3) is 0.469. The molecule has 49 heavy (non-hydrogen) atoms. The number of ether oxygens (including phenoxy) is 1. The molecule has 0 unspecified atom stereocenters. The van der Waals surface area contributed by atoms with E-state index in [1.807, 2.05) is 23.1 Å². The molecule has 3 heterocycles. The minimum Gasteiger partial charge on any atom is -0.366 e. The van der Waals surface area contributed by atoms with Crippen LogP contribution in [0.5, 0.6) is 0 Å². The molecule has 0 radical (unpaired) electrons. The third-order valence-electron chi connectivity index (χ3n) is 8.81. The molecule has 2 fully saturated rings. The van der Waals surface area contributed by atoms with Crippen molar-refractivity contribution in [1.29, 1.82) is 0 Å². The number of carbonyl (C=O) groups is 1. The van der Waals surface area contributed by atoms with Crippen LogP contribution < -0.4 is 4.90 Å². The number of nitrogens with zero attached hydrogens (tertiary/aromatic N) is 8. The summed E-state index contributed by atoms with van der Waals surface area (Å²) in [7, 11) is -4.07. The molecular weight excluding hydrogens is 691 g/mol. The molecule has 2 aliphatic rings. The number of anilines is 1. The van der Waals surface area contributed by atoms with Gasteiger partial charge in [-0.1, -0.05) is 53.5 Å². The van der Waals surface area contributed by atoms with Gasteiger partial charge in [0.15, 0.2) is 10.0 Å². The van der Waals surface area contributed by atoms with E-state index >= 15 is 0 Å². The molecule has 1 aliphatic carbocycles. The van der Waals surface area contributed by atoms with Gasteiger partial charge in [0.05, 0.1) is 28.9 Å². The maximum atomic E-state index is 14.6. The number of amides is 1. The summed E-state index contributed by atoms with van der Waals surface area (Å²) in [5.41, 5.74) is 0.704. The number of alkyl halides is 2. The highest BCUT2D eigenvalue weighted by Crippen LogP contribution is 2.47. The van der Waals surface area contributed by atoms with E-state index in [2.05, 4.69) is 39.8 Å². The molecule has 260 valence electrons. The quantitative estimate of drug-likeness (QED) is 0.0789. The molecule has 0 atom stereocenters. The van der Waals surface area contributed by atoms with Crippen LogP contribution >= 0.6 is 11.3 Å². The van der Waals surface area contributed by atoms with E-state index in [1.54, 1.807) is 34.8 Å². The molecule has 6 rings (SSSR count). The molecule has 0 bridgehead atoms. The van der Waals surface area contributed by atoms with E-state index in [4.69, 9.17) is 11.3 Å². The van der Waals surface area contributed by atoms with Crippen LogP contribution in [0.15, 0.2) is 47.4 Å². The van der Waals surface area contributed by atoms with Crippen molar-refractivity contribution >= 4 is 51.9 Å². The number of rotatable bonds is 12.